The Kier molecular flexibility index (Phi) is 3.29. The maximum atomic E-state index is 3.56. The molecule has 0 bridgehead atoms. The van der Waals surface area contributed by atoms with Crippen molar-refractivity contribution in [3.8, 4) is 0 Å². The molecule has 1 atom stereocenters. The zero-order valence-electron chi connectivity index (χ0n) is 11.7. The van der Waals surface area contributed by atoms with Crippen LogP contribution in [-0.2, 0) is 12.8 Å². The summed E-state index contributed by atoms with van der Waals surface area (Å²) in [7, 11) is 0. The summed E-state index contributed by atoms with van der Waals surface area (Å²) >= 11 is 0. The molecular weight excluding hydrogens is 230 g/mol. The van der Waals surface area contributed by atoms with Crippen LogP contribution in [0.1, 0.15) is 35.6 Å². The van der Waals surface area contributed by atoms with E-state index in [9.17, 15) is 0 Å². The second-order valence-electron chi connectivity index (χ2n) is 5.74. The van der Waals surface area contributed by atoms with E-state index in [1.165, 1.54) is 40.8 Å². The molecule has 1 aliphatic rings. The zero-order chi connectivity index (χ0) is 13.2. The molecule has 3 rings (SSSR count). The Morgan fingerprint density at radius 1 is 1.11 bits per heavy atom. The van der Waals surface area contributed by atoms with Gasteiger partial charge in [0.05, 0.1) is 0 Å². The fourth-order valence-corrected chi connectivity index (χ4v) is 2.87. The third-order valence-electron chi connectivity index (χ3n) is 3.91. The van der Waals surface area contributed by atoms with Gasteiger partial charge >= 0.3 is 0 Å². The first kappa shape index (κ1) is 12.3. The molecule has 0 amide bonds. The Labute approximate surface area is 115 Å². The summed E-state index contributed by atoms with van der Waals surface area (Å²) in [5.41, 5.74) is 6.96. The van der Waals surface area contributed by atoms with Crippen LogP contribution in [0.5, 0.6) is 0 Å². The molecule has 0 radical (unpaired) electrons. The zero-order valence-corrected chi connectivity index (χ0v) is 11.7. The molecule has 1 unspecified atom stereocenters. The predicted octanol–water partition coefficient (Wildman–Crippen LogP) is 4.33. The van der Waals surface area contributed by atoms with Gasteiger partial charge in [-0.05, 0) is 55.9 Å². The minimum atomic E-state index is 0.607. The van der Waals surface area contributed by atoms with Gasteiger partial charge in [-0.1, -0.05) is 42.0 Å². The highest BCUT2D eigenvalue weighted by Gasteiger charge is 2.13. The van der Waals surface area contributed by atoms with Gasteiger partial charge in [-0.25, -0.2) is 0 Å². The van der Waals surface area contributed by atoms with Gasteiger partial charge in [0.2, 0.25) is 0 Å². The van der Waals surface area contributed by atoms with E-state index in [2.05, 4.69) is 61.6 Å². The van der Waals surface area contributed by atoms with Crippen LogP contribution in [0.2, 0.25) is 0 Å². The maximum Gasteiger partial charge on any atom is 0.0374 e. The summed E-state index contributed by atoms with van der Waals surface area (Å²) in [6.45, 7) is 4.41. The second-order valence-corrected chi connectivity index (χ2v) is 5.74. The highest BCUT2D eigenvalue weighted by molar-refractivity contribution is 5.55. The first-order valence-corrected chi connectivity index (χ1v) is 7.14. The lowest BCUT2D eigenvalue weighted by molar-refractivity contribution is 0.680. The lowest BCUT2D eigenvalue weighted by Gasteiger charge is -2.24. The standard InChI is InChI=1S/C18H21N/c1-13-4-3-5-15(10-13)11-16-7-9-18-17(12-16)8-6-14(2)19-18/h3-5,7,9-10,12,14,19H,6,8,11H2,1-2H3. The van der Waals surface area contributed by atoms with Gasteiger partial charge in [-0.15, -0.1) is 0 Å². The summed E-state index contributed by atoms with van der Waals surface area (Å²) in [5, 5.41) is 3.56. The molecule has 0 saturated carbocycles. The first-order chi connectivity index (χ1) is 9.20. The fraction of sp³-hybridized carbons (Fsp3) is 0.333. The van der Waals surface area contributed by atoms with Gasteiger partial charge in [-0.3, -0.25) is 0 Å². The van der Waals surface area contributed by atoms with Gasteiger partial charge in [0, 0.05) is 11.7 Å². The molecule has 98 valence electrons. The number of aryl methyl sites for hydroxylation is 2. The summed E-state index contributed by atoms with van der Waals surface area (Å²) in [6, 6.07) is 16.3. The van der Waals surface area contributed by atoms with Gasteiger partial charge in [0.25, 0.3) is 0 Å². The monoisotopic (exact) mass is 251 g/mol. The number of rotatable bonds is 2. The molecule has 2 aromatic carbocycles. The topological polar surface area (TPSA) is 12.0 Å². The van der Waals surface area contributed by atoms with E-state index in [4.69, 9.17) is 0 Å². The van der Waals surface area contributed by atoms with Crippen LogP contribution < -0.4 is 5.32 Å². The van der Waals surface area contributed by atoms with Crippen molar-refractivity contribution in [3.05, 3.63) is 64.7 Å². The lowest BCUT2D eigenvalue weighted by Crippen LogP contribution is -2.21. The number of hydrogen-bond acceptors (Lipinski definition) is 1. The summed E-state index contributed by atoms with van der Waals surface area (Å²) in [6.07, 6.45) is 3.47. The highest BCUT2D eigenvalue weighted by Crippen LogP contribution is 2.26. The number of hydrogen-bond donors (Lipinski definition) is 1. The van der Waals surface area contributed by atoms with Crippen molar-refractivity contribution in [2.75, 3.05) is 5.32 Å². The van der Waals surface area contributed by atoms with Crippen LogP contribution in [-0.4, -0.2) is 6.04 Å². The van der Waals surface area contributed by atoms with Crippen molar-refractivity contribution < 1.29 is 0 Å². The van der Waals surface area contributed by atoms with Crippen molar-refractivity contribution in [1.82, 2.24) is 0 Å². The van der Waals surface area contributed by atoms with Gasteiger partial charge in [0.15, 0.2) is 0 Å². The summed E-state index contributed by atoms with van der Waals surface area (Å²) < 4.78 is 0. The van der Waals surface area contributed by atoms with E-state index in [-0.39, 0.29) is 0 Å². The van der Waals surface area contributed by atoms with Crippen molar-refractivity contribution in [1.29, 1.82) is 0 Å². The molecule has 1 heterocycles. The van der Waals surface area contributed by atoms with E-state index in [1.807, 2.05) is 0 Å². The lowest BCUT2D eigenvalue weighted by atomic mass is 9.95. The van der Waals surface area contributed by atoms with E-state index in [0.29, 0.717) is 6.04 Å². The van der Waals surface area contributed by atoms with E-state index in [1.54, 1.807) is 0 Å². The molecule has 0 fully saturated rings. The van der Waals surface area contributed by atoms with Crippen molar-refractivity contribution in [3.63, 3.8) is 0 Å². The van der Waals surface area contributed by atoms with Crippen LogP contribution in [0.15, 0.2) is 42.5 Å². The molecule has 0 aromatic heterocycles. The maximum absolute atomic E-state index is 3.56. The smallest absolute Gasteiger partial charge is 0.0374 e. The van der Waals surface area contributed by atoms with E-state index in [0.717, 1.165) is 6.42 Å². The Morgan fingerprint density at radius 2 is 1.95 bits per heavy atom. The average Bonchev–Trinajstić information content (AvgIpc) is 2.39. The van der Waals surface area contributed by atoms with E-state index < -0.39 is 0 Å². The quantitative estimate of drug-likeness (QED) is 0.837. The van der Waals surface area contributed by atoms with Crippen LogP contribution in [0.3, 0.4) is 0 Å². The third kappa shape index (κ3) is 2.81. The molecule has 2 aromatic rings. The Hall–Kier alpha value is -1.76. The van der Waals surface area contributed by atoms with Crippen molar-refractivity contribution in [2.24, 2.45) is 0 Å². The highest BCUT2D eigenvalue weighted by atomic mass is 14.9. The fourth-order valence-electron chi connectivity index (χ4n) is 2.87. The third-order valence-corrected chi connectivity index (χ3v) is 3.91. The van der Waals surface area contributed by atoms with Crippen molar-refractivity contribution >= 4 is 5.69 Å². The van der Waals surface area contributed by atoms with Crippen LogP contribution >= 0.6 is 0 Å². The largest absolute Gasteiger partial charge is 0.382 e. The molecule has 1 N–H and O–H groups in total. The molecule has 1 aliphatic heterocycles. The van der Waals surface area contributed by atoms with Crippen LogP contribution in [0, 0.1) is 6.92 Å². The Bertz CT molecular complexity index is 586. The minimum Gasteiger partial charge on any atom is -0.382 e. The number of fused-ring (bicyclic) bond motifs is 1. The minimum absolute atomic E-state index is 0.607. The van der Waals surface area contributed by atoms with Gasteiger partial charge < -0.3 is 5.32 Å². The number of nitrogens with one attached hydrogen (secondary N) is 1. The molecule has 1 nitrogen and oxygen atoms in total. The first-order valence-electron chi connectivity index (χ1n) is 7.14. The second kappa shape index (κ2) is 5.08. The molecule has 1 heteroatoms. The average molecular weight is 251 g/mol. The van der Waals surface area contributed by atoms with Crippen LogP contribution in [0.4, 0.5) is 5.69 Å². The van der Waals surface area contributed by atoms with E-state index >= 15 is 0 Å². The summed E-state index contributed by atoms with van der Waals surface area (Å²) in [5.74, 6) is 0. The molecule has 0 spiro atoms. The SMILES string of the molecule is Cc1cccc(Cc2ccc3c(c2)CCC(C)N3)c1. The van der Waals surface area contributed by atoms with Gasteiger partial charge in [-0.2, -0.15) is 0 Å². The van der Waals surface area contributed by atoms with Crippen molar-refractivity contribution in [2.45, 2.75) is 39.2 Å². The Morgan fingerprint density at radius 3 is 2.79 bits per heavy atom. The summed E-state index contributed by atoms with van der Waals surface area (Å²) in [4.78, 5) is 0. The molecular formula is C18H21N. The molecule has 0 saturated heterocycles. The number of anilines is 1. The normalized spacial score (nSPS) is 17.7. The number of benzene rings is 2. The predicted molar refractivity (Wildman–Crippen MR) is 81.8 cm³/mol. The molecule has 19 heavy (non-hydrogen) atoms. The Balaban J connectivity index is 1.83. The molecule has 0 aliphatic carbocycles. The van der Waals surface area contributed by atoms with Gasteiger partial charge in [0.1, 0.15) is 0 Å². The van der Waals surface area contributed by atoms with Crippen LogP contribution in [0.25, 0.3) is 0 Å².